The predicted molar refractivity (Wildman–Crippen MR) is 46.1 cm³/mol. The summed E-state index contributed by atoms with van der Waals surface area (Å²) in [5.74, 6) is 0. The third-order valence-electron chi connectivity index (χ3n) is 0.509. The fourth-order valence-corrected chi connectivity index (χ4v) is 3.85. The minimum atomic E-state index is -5.13. The Morgan fingerprint density at radius 3 is 1.69 bits per heavy atom. The van der Waals surface area contributed by atoms with Crippen LogP contribution in [0.5, 0.6) is 0 Å². The Labute approximate surface area is 74.9 Å². The molecule has 12 heteroatoms. The molecule has 0 amide bonds. The molecule has 0 aromatic rings. The highest BCUT2D eigenvalue weighted by Crippen LogP contribution is 2.64. The Hall–Kier alpha value is 0.555. The van der Waals surface area contributed by atoms with Crippen molar-refractivity contribution in [1.29, 1.82) is 0 Å². The van der Waals surface area contributed by atoms with Crippen molar-refractivity contribution in [1.82, 2.24) is 0 Å². The van der Waals surface area contributed by atoms with Crippen molar-refractivity contribution in [2.75, 3.05) is 6.66 Å². The van der Waals surface area contributed by atoms with Crippen LogP contribution in [-0.4, -0.2) is 28.9 Å². The molecule has 2 unspecified atom stereocenters. The minimum Gasteiger partial charge on any atom is -0.305 e. The van der Waals surface area contributed by atoms with Gasteiger partial charge in [0.05, 0.1) is 0 Å². The molecule has 8 nitrogen and oxygen atoms in total. The number of hydrogen-bond acceptors (Lipinski definition) is 5. The lowest BCUT2D eigenvalue weighted by atomic mass is 10.8. The van der Waals surface area contributed by atoms with Crippen molar-refractivity contribution >= 4 is 30.5 Å². The van der Waals surface area contributed by atoms with Gasteiger partial charge in [-0.05, 0) is 0 Å². The zero-order valence-electron chi connectivity index (χ0n) is 6.72. The molecule has 0 aliphatic heterocycles. The van der Waals surface area contributed by atoms with Crippen LogP contribution in [0.25, 0.3) is 0 Å². The first kappa shape index (κ1) is 13.6. The summed E-state index contributed by atoms with van der Waals surface area (Å²) in [6, 6.07) is 0. The van der Waals surface area contributed by atoms with Crippen LogP contribution >= 0.6 is 22.9 Å². The Morgan fingerprint density at radius 1 is 1.08 bits per heavy atom. The lowest BCUT2D eigenvalue weighted by Crippen LogP contribution is -1.91. The molecular formula is CH8BO8P3. The highest BCUT2D eigenvalue weighted by molar-refractivity contribution is 7.87. The molecule has 0 saturated heterocycles. The number of phosphoric acid groups is 2. The zero-order chi connectivity index (χ0) is 10.9. The van der Waals surface area contributed by atoms with Gasteiger partial charge in [-0.25, -0.2) is 13.4 Å². The first-order valence-corrected chi connectivity index (χ1v) is 8.32. The number of rotatable bonds is 4. The molecule has 0 aliphatic rings. The monoisotopic (exact) mass is 252 g/mol. The van der Waals surface area contributed by atoms with Gasteiger partial charge >= 0.3 is 15.6 Å². The van der Waals surface area contributed by atoms with Gasteiger partial charge in [-0.3, -0.25) is 0 Å². The van der Waals surface area contributed by atoms with Gasteiger partial charge in [0.25, 0.3) is 0 Å². The second-order valence-corrected chi connectivity index (χ2v) is 8.10. The molecule has 0 radical (unpaired) electrons. The van der Waals surface area contributed by atoms with E-state index in [-0.39, 0.29) is 0 Å². The second kappa shape index (κ2) is 3.97. The van der Waals surface area contributed by atoms with Crippen LogP contribution in [0.4, 0.5) is 0 Å². The normalized spacial score (nSPS) is 21.8. The standard InChI is InChI=1S/CH8BO8P3/c1-11(2,3)9-13(7,8)10-12(4,5)6/h2H2,1H3,(H,7,8)(H2,4,5,6). The second-order valence-electron chi connectivity index (χ2n) is 2.37. The van der Waals surface area contributed by atoms with E-state index < -0.39 is 22.9 Å². The van der Waals surface area contributed by atoms with Crippen molar-refractivity contribution in [2.24, 2.45) is 0 Å². The van der Waals surface area contributed by atoms with E-state index in [0.717, 1.165) is 14.2 Å². The lowest BCUT2D eigenvalue weighted by Gasteiger charge is -2.14. The molecule has 0 bridgehead atoms. The lowest BCUT2D eigenvalue weighted by molar-refractivity contribution is 0.232. The summed E-state index contributed by atoms with van der Waals surface area (Å²) < 4.78 is 39.0. The molecule has 0 aromatic carbocycles. The van der Waals surface area contributed by atoms with Gasteiger partial charge in [-0.15, -0.1) is 0 Å². The highest BCUT2D eigenvalue weighted by Gasteiger charge is 2.35. The first-order chi connectivity index (χ1) is 5.41. The molecular weight excluding hydrogens is 244 g/mol. The van der Waals surface area contributed by atoms with E-state index in [1.807, 2.05) is 0 Å². The van der Waals surface area contributed by atoms with E-state index in [0.29, 0.717) is 0 Å². The van der Waals surface area contributed by atoms with Gasteiger partial charge in [-0.2, -0.15) is 4.31 Å². The van der Waals surface area contributed by atoms with E-state index in [1.165, 1.54) is 0 Å². The molecule has 0 aliphatic carbocycles. The van der Waals surface area contributed by atoms with E-state index >= 15 is 0 Å². The maximum absolute atomic E-state index is 10.8. The third-order valence-corrected chi connectivity index (χ3v) is 4.58. The summed E-state index contributed by atoms with van der Waals surface area (Å²) >= 11 is 0. The van der Waals surface area contributed by atoms with Crippen LogP contribution in [0.1, 0.15) is 0 Å². The molecule has 0 aromatic heterocycles. The SMILES string of the molecule is BP(C)(=O)OP(=O)(O)OP(=O)(O)O. The molecule has 0 heterocycles. The average molecular weight is 252 g/mol. The van der Waals surface area contributed by atoms with E-state index in [9.17, 15) is 13.7 Å². The van der Waals surface area contributed by atoms with Crippen molar-refractivity contribution in [3.05, 3.63) is 0 Å². The molecule has 0 saturated carbocycles. The van der Waals surface area contributed by atoms with Gasteiger partial charge in [0.15, 0.2) is 7.25 Å². The topological polar surface area (TPSA) is 130 Å². The quantitative estimate of drug-likeness (QED) is 0.457. The van der Waals surface area contributed by atoms with Crippen LogP contribution in [0.3, 0.4) is 0 Å². The van der Waals surface area contributed by atoms with Gasteiger partial charge in [0.2, 0.25) is 7.57 Å². The van der Waals surface area contributed by atoms with Crippen molar-refractivity contribution in [2.45, 2.75) is 0 Å². The maximum Gasteiger partial charge on any atom is 0.486 e. The van der Waals surface area contributed by atoms with Gasteiger partial charge in [0, 0.05) is 6.66 Å². The Kier molecular flexibility index (Phi) is 4.14. The molecule has 0 fully saturated rings. The summed E-state index contributed by atoms with van der Waals surface area (Å²) in [6.07, 6.45) is 0. The van der Waals surface area contributed by atoms with E-state index in [1.54, 1.807) is 0 Å². The third kappa shape index (κ3) is 8.87. The Bertz CT molecular complexity index is 281. The molecule has 0 spiro atoms. The van der Waals surface area contributed by atoms with Crippen molar-refractivity contribution < 1.29 is 37.0 Å². The smallest absolute Gasteiger partial charge is 0.305 e. The summed E-state index contributed by atoms with van der Waals surface area (Å²) in [6.45, 7) is 0.999. The molecule has 13 heavy (non-hydrogen) atoms. The van der Waals surface area contributed by atoms with Crippen LogP contribution in [0.2, 0.25) is 0 Å². The van der Waals surface area contributed by atoms with E-state index in [2.05, 4.69) is 8.62 Å². The zero-order valence-corrected chi connectivity index (χ0v) is 9.41. The molecule has 0 rings (SSSR count). The summed E-state index contributed by atoms with van der Waals surface area (Å²) in [7, 11) is -12.5. The Balaban J connectivity index is 4.54. The van der Waals surface area contributed by atoms with Gasteiger partial charge in [-0.1, -0.05) is 0 Å². The van der Waals surface area contributed by atoms with Crippen LogP contribution in [0, 0.1) is 0 Å². The molecule has 78 valence electrons. The first-order valence-electron chi connectivity index (χ1n) is 2.77. The summed E-state index contributed by atoms with van der Waals surface area (Å²) in [5.41, 5.74) is 0. The minimum absolute atomic E-state index is 0.999. The van der Waals surface area contributed by atoms with Gasteiger partial charge < -0.3 is 19.2 Å². The average Bonchev–Trinajstić information content (AvgIpc) is 1.43. The van der Waals surface area contributed by atoms with Gasteiger partial charge in [0.1, 0.15) is 0 Å². The van der Waals surface area contributed by atoms with Crippen molar-refractivity contribution in [3.8, 4) is 0 Å². The van der Waals surface area contributed by atoms with E-state index in [4.69, 9.17) is 14.7 Å². The largest absolute Gasteiger partial charge is 0.486 e. The molecule has 3 N–H and O–H groups in total. The maximum atomic E-state index is 10.8. The van der Waals surface area contributed by atoms with Crippen LogP contribution < -0.4 is 0 Å². The van der Waals surface area contributed by atoms with Crippen molar-refractivity contribution in [3.63, 3.8) is 0 Å². The van der Waals surface area contributed by atoms with Crippen LogP contribution in [-0.2, 0) is 22.3 Å². The summed E-state index contributed by atoms with van der Waals surface area (Å²) in [5, 5.41) is 0. The predicted octanol–water partition coefficient (Wildman–Crippen LogP) is -0.331. The van der Waals surface area contributed by atoms with Crippen LogP contribution in [0.15, 0.2) is 0 Å². The summed E-state index contributed by atoms with van der Waals surface area (Å²) in [4.78, 5) is 24.9. The fourth-order valence-electron chi connectivity index (χ4n) is 0.398. The fraction of sp³-hybridized carbons (Fsp3) is 1.00. The molecule has 2 atom stereocenters. The Morgan fingerprint density at radius 2 is 1.46 bits per heavy atom. The number of hydrogen-bond donors (Lipinski definition) is 3. The highest BCUT2D eigenvalue weighted by atomic mass is 31.3.